The van der Waals surface area contributed by atoms with E-state index in [-0.39, 0.29) is 19.0 Å². The van der Waals surface area contributed by atoms with Crippen LogP contribution in [0.15, 0.2) is 67.3 Å². The molecule has 6 rings (SSSR count). The first-order valence-corrected chi connectivity index (χ1v) is 14.4. The highest BCUT2D eigenvalue weighted by Crippen LogP contribution is 2.44. The normalized spacial score (nSPS) is 23.6. The van der Waals surface area contributed by atoms with Crippen molar-refractivity contribution in [2.75, 3.05) is 12.3 Å². The Morgan fingerprint density at radius 3 is 2.61 bits per heavy atom. The van der Waals surface area contributed by atoms with Gasteiger partial charge in [-0.25, -0.2) is 15.0 Å². The van der Waals surface area contributed by atoms with Gasteiger partial charge in [0.15, 0.2) is 23.5 Å². The number of anilines is 1. The van der Waals surface area contributed by atoms with Crippen LogP contribution in [0.5, 0.6) is 5.75 Å². The van der Waals surface area contributed by atoms with Crippen molar-refractivity contribution in [2.45, 2.75) is 57.3 Å². The zero-order valence-corrected chi connectivity index (χ0v) is 23.2. The number of nitrogens with zero attached hydrogens (tertiary/aromatic N) is 4. The minimum Gasteiger partial charge on any atom is -0.489 e. The van der Waals surface area contributed by atoms with E-state index < -0.39 is 40.6 Å². The monoisotopic (exact) mass is 582 g/mol. The van der Waals surface area contributed by atoms with Crippen LogP contribution in [0.3, 0.4) is 0 Å². The molecule has 0 unspecified atom stereocenters. The summed E-state index contributed by atoms with van der Waals surface area (Å²) in [6, 6.07) is 16.9. The average Bonchev–Trinajstić information content (AvgIpc) is 3.62. The van der Waals surface area contributed by atoms with E-state index in [0.29, 0.717) is 29.1 Å². The SMILES string of the molecule is CC1(C)O[C@@H]2[C@H](O1)[C@@H](COS(=O)(=O)NCc1ccccc1OCc1ccccc1)O[C@H]2n1cnc2c(N)ncnc21. The summed E-state index contributed by atoms with van der Waals surface area (Å²) in [5, 5.41) is 0. The fourth-order valence-corrected chi connectivity index (χ4v) is 5.69. The molecule has 0 radical (unpaired) electrons. The summed E-state index contributed by atoms with van der Waals surface area (Å²) in [5.74, 6) is -0.114. The van der Waals surface area contributed by atoms with Crippen LogP contribution in [0.25, 0.3) is 11.2 Å². The molecule has 2 aliphatic heterocycles. The standard InChI is InChI=1S/C27H30N6O7S/c1-27(2)39-22-20(38-26(23(22)40-27)33-16-31-21-24(28)29-15-30-25(21)33)14-37-41(34,35)32-12-18-10-6-7-11-19(18)36-13-17-8-4-3-5-9-17/h3-11,15-16,20,22-23,26,32H,12-14H2,1-2H3,(H2,28,29,30)/t20-,22-,23-,26-/m1/s1. The molecular weight excluding hydrogens is 552 g/mol. The zero-order valence-electron chi connectivity index (χ0n) is 22.4. The van der Waals surface area contributed by atoms with E-state index in [4.69, 9.17) is 28.9 Å². The number of nitrogen functional groups attached to an aromatic ring is 1. The van der Waals surface area contributed by atoms with Gasteiger partial charge in [-0.15, -0.1) is 0 Å². The fraction of sp³-hybridized carbons (Fsp3) is 0.370. The first kappa shape index (κ1) is 27.5. The van der Waals surface area contributed by atoms with Crippen molar-refractivity contribution in [3.05, 3.63) is 78.4 Å². The molecule has 4 atom stereocenters. The lowest BCUT2D eigenvalue weighted by Crippen LogP contribution is -2.35. The number of fused-ring (bicyclic) bond motifs is 2. The van der Waals surface area contributed by atoms with Crippen molar-refractivity contribution < 1.29 is 31.5 Å². The third-order valence-corrected chi connectivity index (χ3v) is 7.77. The third-order valence-electron chi connectivity index (χ3n) is 6.82. The van der Waals surface area contributed by atoms with Gasteiger partial charge in [0, 0.05) is 12.1 Å². The largest absolute Gasteiger partial charge is 0.489 e. The Balaban J connectivity index is 1.11. The highest BCUT2D eigenvalue weighted by atomic mass is 32.2. The zero-order chi connectivity index (χ0) is 28.6. The molecular formula is C27H30N6O7S. The van der Waals surface area contributed by atoms with Gasteiger partial charge in [0.25, 0.3) is 0 Å². The molecule has 2 aliphatic rings. The van der Waals surface area contributed by atoms with Crippen molar-refractivity contribution in [1.29, 1.82) is 0 Å². The van der Waals surface area contributed by atoms with Crippen LogP contribution in [-0.4, -0.2) is 58.6 Å². The first-order valence-electron chi connectivity index (χ1n) is 13.0. The Labute approximate surface area is 236 Å². The van der Waals surface area contributed by atoms with Gasteiger partial charge in [-0.2, -0.15) is 13.1 Å². The Bertz CT molecular complexity index is 1630. The molecule has 13 nitrogen and oxygen atoms in total. The number of hydrogen-bond donors (Lipinski definition) is 2. The molecule has 0 saturated carbocycles. The van der Waals surface area contributed by atoms with E-state index in [1.165, 1.54) is 12.7 Å². The van der Waals surface area contributed by atoms with E-state index >= 15 is 0 Å². The lowest BCUT2D eigenvalue weighted by Gasteiger charge is -2.24. The molecule has 41 heavy (non-hydrogen) atoms. The van der Waals surface area contributed by atoms with Crippen molar-refractivity contribution >= 4 is 27.3 Å². The Hall–Kier alpha value is -3.66. The lowest BCUT2D eigenvalue weighted by atomic mass is 10.1. The third kappa shape index (κ3) is 5.88. The molecule has 0 amide bonds. The number of hydrogen-bond acceptors (Lipinski definition) is 11. The van der Waals surface area contributed by atoms with Crippen molar-refractivity contribution in [1.82, 2.24) is 24.2 Å². The quantitative estimate of drug-likeness (QED) is 0.282. The molecule has 4 aromatic rings. The summed E-state index contributed by atoms with van der Waals surface area (Å²) in [6.45, 7) is 3.59. The number of benzene rings is 2. The average molecular weight is 583 g/mol. The minimum atomic E-state index is -4.16. The van der Waals surface area contributed by atoms with Gasteiger partial charge >= 0.3 is 10.3 Å². The topological polar surface area (TPSA) is 162 Å². The molecule has 2 fully saturated rings. The summed E-state index contributed by atoms with van der Waals surface area (Å²) < 4.78 is 59.5. The van der Waals surface area contributed by atoms with Gasteiger partial charge in [0.1, 0.15) is 42.5 Å². The Morgan fingerprint density at radius 1 is 1.02 bits per heavy atom. The number of nitrogens with two attached hydrogens (primary N) is 1. The van der Waals surface area contributed by atoms with Crippen LogP contribution in [-0.2, 0) is 41.8 Å². The Kier molecular flexibility index (Phi) is 7.36. The minimum absolute atomic E-state index is 0.0255. The summed E-state index contributed by atoms with van der Waals surface area (Å²) in [6.07, 6.45) is 0.221. The van der Waals surface area contributed by atoms with Crippen LogP contribution in [0.1, 0.15) is 31.2 Å². The summed E-state index contributed by atoms with van der Waals surface area (Å²) in [7, 11) is -4.16. The number of nitrogens with one attached hydrogen (secondary N) is 1. The number of aromatic nitrogens is 4. The van der Waals surface area contributed by atoms with E-state index in [1.807, 2.05) is 42.5 Å². The molecule has 0 bridgehead atoms. The second-order valence-corrected chi connectivity index (χ2v) is 11.6. The van der Waals surface area contributed by atoms with Crippen molar-refractivity contribution in [3.8, 4) is 5.75 Å². The van der Waals surface area contributed by atoms with Crippen molar-refractivity contribution in [2.24, 2.45) is 0 Å². The summed E-state index contributed by atoms with van der Waals surface area (Å²) in [5.41, 5.74) is 8.48. The van der Waals surface area contributed by atoms with Crippen LogP contribution in [0.2, 0.25) is 0 Å². The van der Waals surface area contributed by atoms with E-state index in [1.54, 1.807) is 30.5 Å². The van der Waals surface area contributed by atoms with Crippen LogP contribution >= 0.6 is 0 Å². The number of rotatable bonds is 10. The maximum Gasteiger partial charge on any atom is 0.336 e. The molecule has 2 saturated heterocycles. The Morgan fingerprint density at radius 2 is 1.78 bits per heavy atom. The van der Waals surface area contributed by atoms with Crippen LogP contribution in [0, 0.1) is 0 Å². The molecule has 2 aromatic heterocycles. The highest BCUT2D eigenvalue weighted by molar-refractivity contribution is 7.84. The van der Waals surface area contributed by atoms with E-state index in [9.17, 15) is 8.42 Å². The van der Waals surface area contributed by atoms with Gasteiger partial charge in [0.05, 0.1) is 12.9 Å². The highest BCUT2D eigenvalue weighted by Gasteiger charge is 2.56. The van der Waals surface area contributed by atoms with Crippen molar-refractivity contribution in [3.63, 3.8) is 0 Å². The predicted octanol–water partition coefficient (Wildman–Crippen LogP) is 2.46. The molecule has 0 spiro atoms. The summed E-state index contributed by atoms with van der Waals surface area (Å²) >= 11 is 0. The van der Waals surface area contributed by atoms with Gasteiger partial charge < -0.3 is 24.7 Å². The fourth-order valence-electron chi connectivity index (χ4n) is 4.96. The maximum atomic E-state index is 12.8. The van der Waals surface area contributed by atoms with Gasteiger partial charge in [-0.1, -0.05) is 48.5 Å². The predicted molar refractivity (Wildman–Crippen MR) is 146 cm³/mol. The molecule has 14 heteroatoms. The smallest absolute Gasteiger partial charge is 0.336 e. The number of ether oxygens (including phenoxy) is 4. The van der Waals surface area contributed by atoms with Crippen LogP contribution in [0.4, 0.5) is 5.82 Å². The lowest BCUT2D eigenvalue weighted by molar-refractivity contribution is -0.198. The van der Waals surface area contributed by atoms with Crippen LogP contribution < -0.4 is 15.2 Å². The molecule has 216 valence electrons. The number of para-hydroxylation sites is 1. The van der Waals surface area contributed by atoms with Gasteiger partial charge in [0.2, 0.25) is 0 Å². The first-order chi connectivity index (χ1) is 19.7. The summed E-state index contributed by atoms with van der Waals surface area (Å²) in [4.78, 5) is 12.6. The second-order valence-electron chi connectivity index (χ2n) is 10.2. The maximum absolute atomic E-state index is 12.8. The van der Waals surface area contributed by atoms with E-state index in [0.717, 1.165) is 5.56 Å². The molecule has 3 N–H and O–H groups in total. The van der Waals surface area contributed by atoms with E-state index in [2.05, 4.69) is 19.7 Å². The molecule has 4 heterocycles. The van der Waals surface area contributed by atoms with Gasteiger partial charge in [-0.3, -0.25) is 8.75 Å². The second kappa shape index (κ2) is 11.0. The molecule has 2 aromatic carbocycles. The number of imidazole rings is 1. The van der Waals surface area contributed by atoms with Gasteiger partial charge in [-0.05, 0) is 25.5 Å². The molecule has 0 aliphatic carbocycles.